The van der Waals surface area contributed by atoms with E-state index in [-0.39, 0.29) is 29.4 Å². The van der Waals surface area contributed by atoms with E-state index in [9.17, 15) is 17.6 Å². The van der Waals surface area contributed by atoms with Gasteiger partial charge in [-0.25, -0.2) is 17.6 Å². The fraction of sp³-hybridized carbons (Fsp3) is 0.333. The molecule has 2 aromatic rings. The number of rotatable bonds is 5. The summed E-state index contributed by atoms with van der Waals surface area (Å²) in [5.41, 5.74) is 1.88. The van der Waals surface area contributed by atoms with Gasteiger partial charge in [-0.3, -0.25) is 4.99 Å². The van der Waals surface area contributed by atoms with Gasteiger partial charge >= 0.3 is 5.97 Å². The summed E-state index contributed by atoms with van der Waals surface area (Å²) in [4.78, 5) is 18.5. The van der Waals surface area contributed by atoms with Gasteiger partial charge in [0.2, 0.25) is 0 Å². The zero-order chi connectivity index (χ0) is 22.2. The van der Waals surface area contributed by atoms with Crippen LogP contribution in [-0.4, -0.2) is 49.0 Å². The van der Waals surface area contributed by atoms with E-state index in [4.69, 9.17) is 16.3 Å². The summed E-state index contributed by atoms with van der Waals surface area (Å²) >= 11 is 7.67. The topological polar surface area (TPSA) is 76.0 Å². The number of carbonyl (C=O) groups is 1. The number of thioether (sulfide) groups is 1. The van der Waals surface area contributed by atoms with Crippen LogP contribution >= 0.6 is 23.4 Å². The van der Waals surface area contributed by atoms with Gasteiger partial charge in [0, 0.05) is 16.0 Å². The Bertz CT molecular complexity index is 1140. The molecule has 0 aliphatic carbocycles. The highest BCUT2D eigenvalue weighted by molar-refractivity contribution is 8.15. The van der Waals surface area contributed by atoms with Crippen LogP contribution < -0.4 is 4.90 Å². The molecule has 2 aliphatic heterocycles. The lowest BCUT2D eigenvalue weighted by Gasteiger charge is -2.25. The van der Waals surface area contributed by atoms with E-state index in [0.717, 1.165) is 5.69 Å². The first kappa shape index (κ1) is 22.1. The molecule has 164 valence electrons. The third kappa shape index (κ3) is 4.88. The molecule has 0 aromatic heterocycles. The van der Waals surface area contributed by atoms with Crippen molar-refractivity contribution < 1.29 is 22.3 Å². The van der Waals surface area contributed by atoms with E-state index in [2.05, 4.69) is 4.99 Å². The van der Waals surface area contributed by atoms with E-state index < -0.39 is 21.6 Å². The number of anilines is 1. The van der Waals surface area contributed by atoms with E-state index in [1.54, 1.807) is 37.3 Å². The largest absolute Gasteiger partial charge is 0.462 e. The van der Waals surface area contributed by atoms with Crippen molar-refractivity contribution in [2.45, 2.75) is 24.8 Å². The second-order valence-corrected chi connectivity index (χ2v) is 11.1. The molecule has 2 aromatic carbocycles. The van der Waals surface area contributed by atoms with Crippen molar-refractivity contribution in [3.63, 3.8) is 0 Å². The molecule has 0 N–H and O–H groups in total. The Morgan fingerprint density at radius 1 is 1.26 bits per heavy atom. The minimum absolute atomic E-state index is 0.0428. The summed E-state index contributed by atoms with van der Waals surface area (Å²) < 4.78 is 42.4. The highest BCUT2D eigenvalue weighted by Gasteiger charge is 2.44. The summed E-state index contributed by atoms with van der Waals surface area (Å²) in [5.74, 6) is -0.690. The fourth-order valence-electron chi connectivity index (χ4n) is 3.55. The summed E-state index contributed by atoms with van der Waals surface area (Å²) in [5, 5.41) is 0.846. The second kappa shape index (κ2) is 8.80. The van der Waals surface area contributed by atoms with Crippen LogP contribution in [0.3, 0.4) is 0 Å². The van der Waals surface area contributed by atoms with Crippen molar-refractivity contribution in [3.05, 3.63) is 64.4 Å². The number of hydrogen-bond donors (Lipinski definition) is 0. The molecule has 0 amide bonds. The Hall–Kier alpha value is -2.10. The van der Waals surface area contributed by atoms with Gasteiger partial charge in [-0.05, 0) is 48.9 Å². The second-order valence-electron chi connectivity index (χ2n) is 7.30. The fourth-order valence-corrected chi connectivity index (χ4v) is 7.56. The van der Waals surface area contributed by atoms with Crippen LogP contribution in [0.25, 0.3) is 0 Å². The van der Waals surface area contributed by atoms with Gasteiger partial charge in [0.1, 0.15) is 5.82 Å². The molecule has 2 atom stereocenters. The first-order valence-corrected chi connectivity index (χ1v) is 12.8. The lowest BCUT2D eigenvalue weighted by atomic mass is 10.1. The van der Waals surface area contributed by atoms with Crippen LogP contribution in [0.15, 0.2) is 47.5 Å². The molecule has 0 bridgehead atoms. The maximum Gasteiger partial charge on any atom is 0.338 e. The van der Waals surface area contributed by atoms with Crippen LogP contribution in [0.4, 0.5) is 10.1 Å². The summed E-state index contributed by atoms with van der Waals surface area (Å²) in [6, 6.07) is 10.8. The third-order valence-corrected chi connectivity index (χ3v) is 8.67. The molecule has 0 unspecified atom stereocenters. The Kier molecular flexibility index (Phi) is 6.27. The summed E-state index contributed by atoms with van der Waals surface area (Å²) in [6.07, 6.45) is 0. The zero-order valence-corrected chi connectivity index (χ0v) is 19.0. The van der Waals surface area contributed by atoms with Crippen molar-refractivity contribution in [3.8, 4) is 0 Å². The number of hydrogen-bond acceptors (Lipinski definition) is 7. The van der Waals surface area contributed by atoms with Crippen molar-refractivity contribution >= 4 is 50.0 Å². The SMILES string of the molecule is CCOC(=O)c1ccc(N(Cc2ccc(F)cc2Cl)C2=N[C@H]3CS(=O)(=O)C[C@H]3S2)cc1. The molecular formula is C21H20ClFN2O4S2. The number of sulfone groups is 1. The van der Waals surface area contributed by atoms with Crippen molar-refractivity contribution in [2.75, 3.05) is 23.0 Å². The normalized spacial score (nSPS) is 21.5. The molecule has 0 radical (unpaired) electrons. The average molecular weight is 483 g/mol. The smallest absolute Gasteiger partial charge is 0.338 e. The summed E-state index contributed by atoms with van der Waals surface area (Å²) in [7, 11) is -3.07. The summed E-state index contributed by atoms with van der Waals surface area (Å²) in [6.45, 7) is 2.35. The molecular weight excluding hydrogens is 463 g/mol. The maximum absolute atomic E-state index is 13.5. The lowest BCUT2D eigenvalue weighted by Crippen LogP contribution is -2.28. The quantitative estimate of drug-likeness (QED) is 0.601. The molecule has 31 heavy (non-hydrogen) atoms. The first-order valence-electron chi connectivity index (χ1n) is 9.69. The van der Waals surface area contributed by atoms with Gasteiger partial charge in [-0.2, -0.15) is 0 Å². The molecule has 0 saturated carbocycles. The van der Waals surface area contributed by atoms with Crippen LogP contribution in [0.2, 0.25) is 5.02 Å². The molecule has 1 fully saturated rings. The van der Waals surface area contributed by atoms with Gasteiger partial charge in [0.05, 0.1) is 36.3 Å². The van der Waals surface area contributed by atoms with Gasteiger partial charge < -0.3 is 9.64 Å². The lowest BCUT2D eigenvalue weighted by molar-refractivity contribution is 0.0526. The minimum Gasteiger partial charge on any atom is -0.462 e. The number of esters is 1. The molecule has 1 saturated heterocycles. The maximum atomic E-state index is 13.5. The molecule has 0 spiro atoms. The molecule has 10 heteroatoms. The minimum atomic E-state index is -3.07. The number of aliphatic imine (C=N–C) groups is 1. The number of carbonyl (C=O) groups excluding carboxylic acids is 1. The predicted molar refractivity (Wildman–Crippen MR) is 121 cm³/mol. The van der Waals surface area contributed by atoms with E-state index in [1.807, 2.05) is 4.90 Å². The van der Waals surface area contributed by atoms with Crippen molar-refractivity contribution in [1.82, 2.24) is 0 Å². The van der Waals surface area contributed by atoms with Gasteiger partial charge in [0.25, 0.3) is 0 Å². The highest BCUT2D eigenvalue weighted by Crippen LogP contribution is 2.38. The third-order valence-electron chi connectivity index (χ3n) is 5.07. The van der Waals surface area contributed by atoms with Crippen LogP contribution in [0.1, 0.15) is 22.8 Å². The Balaban J connectivity index is 1.66. The van der Waals surface area contributed by atoms with Crippen molar-refractivity contribution in [1.29, 1.82) is 0 Å². The molecule has 2 heterocycles. The van der Waals surface area contributed by atoms with Crippen LogP contribution in [-0.2, 0) is 21.1 Å². The first-order chi connectivity index (χ1) is 14.8. The van der Waals surface area contributed by atoms with Crippen LogP contribution in [0.5, 0.6) is 0 Å². The number of halogens is 2. The number of amidine groups is 1. The number of benzene rings is 2. The van der Waals surface area contributed by atoms with E-state index >= 15 is 0 Å². The Morgan fingerprint density at radius 2 is 2.00 bits per heavy atom. The Morgan fingerprint density at radius 3 is 2.65 bits per heavy atom. The average Bonchev–Trinajstić information content (AvgIpc) is 3.21. The molecule has 2 aliphatic rings. The highest BCUT2D eigenvalue weighted by atomic mass is 35.5. The van der Waals surface area contributed by atoms with Crippen LogP contribution in [0, 0.1) is 5.82 Å². The predicted octanol–water partition coefficient (Wildman–Crippen LogP) is 3.93. The monoisotopic (exact) mass is 482 g/mol. The zero-order valence-electron chi connectivity index (χ0n) is 16.6. The van der Waals surface area contributed by atoms with Gasteiger partial charge in [0.15, 0.2) is 15.0 Å². The molecule has 4 rings (SSSR count). The van der Waals surface area contributed by atoms with Gasteiger partial charge in [-0.1, -0.05) is 29.4 Å². The standard InChI is InChI=1S/C21H20ClFN2O4S2/c1-2-29-20(26)13-4-7-16(8-5-13)25(10-14-3-6-15(23)9-17(14)22)21-24-18-11-31(27,28)12-19(18)30-21/h3-9,18-19H,2,10-12H2,1H3/t18-,19+/m0/s1. The van der Waals surface area contributed by atoms with E-state index in [0.29, 0.717) is 27.9 Å². The van der Waals surface area contributed by atoms with Crippen molar-refractivity contribution in [2.24, 2.45) is 4.99 Å². The van der Waals surface area contributed by atoms with E-state index in [1.165, 1.54) is 23.9 Å². The number of nitrogens with zero attached hydrogens (tertiary/aromatic N) is 2. The number of fused-ring (bicyclic) bond motifs is 1. The Labute approximate surface area is 189 Å². The molecule has 6 nitrogen and oxygen atoms in total. The number of ether oxygens (including phenoxy) is 1. The van der Waals surface area contributed by atoms with Gasteiger partial charge in [-0.15, -0.1) is 0 Å².